The zero-order chi connectivity index (χ0) is 14.5. The minimum atomic E-state index is -0.366. The maximum atomic E-state index is 13.5. The molecule has 2 N–H and O–H groups in total. The first-order valence-corrected chi connectivity index (χ1v) is 6.82. The smallest absolute Gasteiger partial charge is 0.124 e. The van der Waals surface area contributed by atoms with Gasteiger partial charge in [0.1, 0.15) is 5.82 Å². The molecule has 1 aromatic carbocycles. The van der Waals surface area contributed by atoms with Gasteiger partial charge in [0, 0.05) is 32.8 Å². The largest absolute Gasteiger partial charge is 0.381 e. The molecular weight excluding hydrogens is 257 g/mol. The zero-order valence-electron chi connectivity index (χ0n) is 11.7. The summed E-state index contributed by atoms with van der Waals surface area (Å²) in [7, 11) is 1.72. The highest BCUT2D eigenvalue weighted by atomic mass is 19.1. The minimum absolute atomic E-state index is 0.238. The molecule has 0 bridgehead atoms. The molecule has 20 heavy (non-hydrogen) atoms. The summed E-state index contributed by atoms with van der Waals surface area (Å²) >= 11 is 0. The van der Waals surface area contributed by atoms with Crippen molar-refractivity contribution in [1.82, 2.24) is 4.90 Å². The Bertz CT molecular complexity index is 500. The third kappa shape index (κ3) is 3.54. The topological polar surface area (TPSA) is 62.3 Å². The van der Waals surface area contributed by atoms with E-state index >= 15 is 0 Å². The predicted octanol–water partition coefficient (Wildman–Crippen LogP) is 1.64. The molecule has 0 radical (unpaired) electrons. The number of nitrogens with zero attached hydrogens (tertiary/aromatic N) is 2. The van der Waals surface area contributed by atoms with Crippen molar-refractivity contribution in [3.8, 4) is 6.07 Å². The first-order valence-electron chi connectivity index (χ1n) is 6.82. The van der Waals surface area contributed by atoms with Crippen LogP contribution in [0.4, 0.5) is 4.39 Å². The molecule has 1 aliphatic heterocycles. The molecule has 1 aromatic rings. The second-order valence-electron chi connectivity index (χ2n) is 5.20. The lowest BCUT2D eigenvalue weighted by Gasteiger charge is -2.38. The molecule has 2 unspecified atom stereocenters. The van der Waals surface area contributed by atoms with Gasteiger partial charge in [0.2, 0.25) is 0 Å². The van der Waals surface area contributed by atoms with Crippen molar-refractivity contribution in [3.05, 3.63) is 35.1 Å². The fourth-order valence-electron chi connectivity index (χ4n) is 2.77. The zero-order valence-corrected chi connectivity index (χ0v) is 11.7. The first kappa shape index (κ1) is 14.9. The van der Waals surface area contributed by atoms with Gasteiger partial charge in [0.05, 0.1) is 17.7 Å². The van der Waals surface area contributed by atoms with Gasteiger partial charge in [-0.1, -0.05) is 0 Å². The SMILES string of the molecule is COC1CCN(Cc2cc(F)cc(C#N)c2)C(CN)C1. The number of nitriles is 1. The van der Waals surface area contributed by atoms with Crippen LogP contribution in [-0.4, -0.2) is 37.2 Å². The number of methoxy groups -OCH3 is 1. The third-order valence-corrected chi connectivity index (χ3v) is 3.87. The second kappa shape index (κ2) is 6.80. The lowest BCUT2D eigenvalue weighted by molar-refractivity contribution is 0.0102. The normalized spacial score (nSPS) is 23.5. The van der Waals surface area contributed by atoms with Gasteiger partial charge in [-0.15, -0.1) is 0 Å². The van der Waals surface area contributed by atoms with Crippen LogP contribution in [0.5, 0.6) is 0 Å². The summed E-state index contributed by atoms with van der Waals surface area (Å²) < 4.78 is 18.8. The van der Waals surface area contributed by atoms with Gasteiger partial charge >= 0.3 is 0 Å². The summed E-state index contributed by atoms with van der Waals surface area (Å²) in [6.45, 7) is 2.05. The molecule has 1 saturated heterocycles. The molecule has 4 nitrogen and oxygen atoms in total. The van der Waals surface area contributed by atoms with E-state index in [1.54, 1.807) is 13.2 Å². The van der Waals surface area contributed by atoms with Crippen LogP contribution in [0.15, 0.2) is 18.2 Å². The Balaban J connectivity index is 2.09. The highest BCUT2D eigenvalue weighted by Crippen LogP contribution is 2.22. The number of hydrogen-bond donors (Lipinski definition) is 1. The molecule has 0 saturated carbocycles. The number of benzene rings is 1. The minimum Gasteiger partial charge on any atom is -0.381 e. The van der Waals surface area contributed by atoms with E-state index in [0.717, 1.165) is 24.9 Å². The van der Waals surface area contributed by atoms with Crippen LogP contribution in [0.2, 0.25) is 0 Å². The lowest BCUT2D eigenvalue weighted by Crippen LogP contribution is -2.47. The van der Waals surface area contributed by atoms with Crippen molar-refractivity contribution in [2.45, 2.75) is 31.5 Å². The van der Waals surface area contributed by atoms with Crippen LogP contribution in [-0.2, 0) is 11.3 Å². The Morgan fingerprint density at radius 2 is 2.30 bits per heavy atom. The quantitative estimate of drug-likeness (QED) is 0.908. The van der Waals surface area contributed by atoms with Crippen LogP contribution in [0.3, 0.4) is 0 Å². The Kier molecular flexibility index (Phi) is 5.07. The van der Waals surface area contributed by atoms with Gasteiger partial charge < -0.3 is 10.5 Å². The van der Waals surface area contributed by atoms with Crippen molar-refractivity contribution < 1.29 is 9.13 Å². The van der Waals surface area contributed by atoms with Crippen LogP contribution >= 0.6 is 0 Å². The molecule has 1 fully saturated rings. The Morgan fingerprint density at radius 1 is 1.50 bits per heavy atom. The average molecular weight is 277 g/mol. The van der Waals surface area contributed by atoms with E-state index in [1.165, 1.54) is 12.1 Å². The summed E-state index contributed by atoms with van der Waals surface area (Å²) in [5.74, 6) is -0.366. The number of likely N-dealkylation sites (tertiary alicyclic amines) is 1. The highest BCUT2D eigenvalue weighted by Gasteiger charge is 2.27. The second-order valence-corrected chi connectivity index (χ2v) is 5.20. The maximum absolute atomic E-state index is 13.5. The van der Waals surface area contributed by atoms with E-state index in [0.29, 0.717) is 18.7 Å². The third-order valence-electron chi connectivity index (χ3n) is 3.87. The fourth-order valence-corrected chi connectivity index (χ4v) is 2.77. The molecule has 2 rings (SSSR count). The molecule has 0 amide bonds. The molecule has 5 heteroatoms. The number of ether oxygens (including phenoxy) is 1. The Labute approximate surface area is 118 Å². The number of nitrogens with two attached hydrogens (primary N) is 1. The van der Waals surface area contributed by atoms with E-state index in [9.17, 15) is 4.39 Å². The molecule has 2 atom stereocenters. The number of hydrogen-bond acceptors (Lipinski definition) is 4. The van der Waals surface area contributed by atoms with Crippen molar-refractivity contribution in [2.75, 3.05) is 20.2 Å². The van der Waals surface area contributed by atoms with E-state index in [4.69, 9.17) is 15.7 Å². The molecule has 1 heterocycles. The van der Waals surface area contributed by atoms with Crippen molar-refractivity contribution >= 4 is 0 Å². The highest BCUT2D eigenvalue weighted by molar-refractivity contribution is 5.33. The number of halogens is 1. The monoisotopic (exact) mass is 277 g/mol. The molecular formula is C15H20FN3O. The van der Waals surface area contributed by atoms with Gasteiger partial charge in [0.25, 0.3) is 0 Å². The predicted molar refractivity (Wildman–Crippen MR) is 74.4 cm³/mol. The van der Waals surface area contributed by atoms with Crippen LogP contribution in [0, 0.1) is 17.1 Å². The maximum Gasteiger partial charge on any atom is 0.124 e. The van der Waals surface area contributed by atoms with Crippen LogP contribution < -0.4 is 5.73 Å². The summed E-state index contributed by atoms with van der Waals surface area (Å²) in [6, 6.07) is 6.69. The molecule has 1 aliphatic rings. The van der Waals surface area contributed by atoms with E-state index in [-0.39, 0.29) is 18.0 Å². The van der Waals surface area contributed by atoms with Gasteiger partial charge in [-0.3, -0.25) is 4.90 Å². The van der Waals surface area contributed by atoms with Crippen LogP contribution in [0.1, 0.15) is 24.0 Å². The van der Waals surface area contributed by atoms with Gasteiger partial charge in [-0.25, -0.2) is 4.39 Å². The lowest BCUT2D eigenvalue weighted by atomic mass is 9.98. The number of rotatable bonds is 4. The fraction of sp³-hybridized carbons (Fsp3) is 0.533. The van der Waals surface area contributed by atoms with Gasteiger partial charge in [0.15, 0.2) is 0 Å². The molecule has 0 spiro atoms. The molecule has 0 aliphatic carbocycles. The Hall–Kier alpha value is -1.48. The first-order chi connectivity index (χ1) is 9.66. The summed E-state index contributed by atoms with van der Waals surface area (Å²) in [6.07, 6.45) is 2.10. The van der Waals surface area contributed by atoms with Crippen molar-refractivity contribution in [1.29, 1.82) is 5.26 Å². The Morgan fingerprint density at radius 3 is 2.95 bits per heavy atom. The average Bonchev–Trinajstić information content (AvgIpc) is 2.47. The summed E-state index contributed by atoms with van der Waals surface area (Å²) in [5, 5.41) is 8.89. The molecule has 108 valence electrons. The summed E-state index contributed by atoms with van der Waals surface area (Å²) in [5.41, 5.74) is 7.00. The number of piperidine rings is 1. The molecule has 0 aromatic heterocycles. The summed E-state index contributed by atoms with van der Waals surface area (Å²) in [4.78, 5) is 2.24. The van der Waals surface area contributed by atoms with E-state index in [2.05, 4.69) is 4.90 Å². The van der Waals surface area contributed by atoms with E-state index in [1.807, 2.05) is 6.07 Å². The van der Waals surface area contributed by atoms with Crippen LogP contribution in [0.25, 0.3) is 0 Å². The van der Waals surface area contributed by atoms with Gasteiger partial charge in [-0.05, 0) is 36.6 Å². The van der Waals surface area contributed by atoms with Crippen molar-refractivity contribution in [2.24, 2.45) is 5.73 Å². The van der Waals surface area contributed by atoms with Crippen molar-refractivity contribution in [3.63, 3.8) is 0 Å². The standard InChI is InChI=1S/C15H20FN3O/c1-20-15-2-3-19(14(7-15)9-18)10-12-4-11(8-17)5-13(16)6-12/h4-6,14-15H,2-3,7,9-10,18H2,1H3. The van der Waals surface area contributed by atoms with Gasteiger partial charge in [-0.2, -0.15) is 5.26 Å². The van der Waals surface area contributed by atoms with E-state index < -0.39 is 0 Å².